The number of rotatable bonds is 5. The van der Waals surface area contributed by atoms with Crippen LogP contribution in [0.2, 0.25) is 0 Å². The van der Waals surface area contributed by atoms with Crippen molar-refractivity contribution in [1.29, 1.82) is 0 Å². The topological polar surface area (TPSA) is 59.9 Å². The molecule has 1 fully saturated rings. The van der Waals surface area contributed by atoms with E-state index in [1.165, 1.54) is 6.07 Å². The fraction of sp³-hybridized carbons (Fsp3) is 0.409. The minimum atomic E-state index is -4.46. The van der Waals surface area contributed by atoms with E-state index in [0.29, 0.717) is 36.4 Å². The smallest absolute Gasteiger partial charge is 0.363 e. The molecule has 1 aliphatic heterocycles. The molecule has 1 aromatic heterocycles. The molecule has 0 saturated carbocycles. The van der Waals surface area contributed by atoms with E-state index in [1.54, 1.807) is 18.3 Å². The normalized spacial score (nSPS) is 15.3. The average Bonchev–Trinajstić information content (AvgIpc) is 2.78. The van der Waals surface area contributed by atoms with Gasteiger partial charge in [0.05, 0.1) is 5.56 Å². The highest BCUT2D eigenvalue weighted by Crippen LogP contribution is 2.37. The molecule has 1 N–H and O–H groups in total. The summed E-state index contributed by atoms with van der Waals surface area (Å²) in [5, 5.41) is 3.01. The number of alkyl halides is 3. The van der Waals surface area contributed by atoms with Crippen LogP contribution < -0.4 is 15.1 Å². The van der Waals surface area contributed by atoms with E-state index in [0.717, 1.165) is 25.0 Å². The molecule has 0 spiro atoms. The lowest BCUT2D eigenvalue weighted by Gasteiger charge is -2.36. The summed E-state index contributed by atoms with van der Waals surface area (Å²) >= 11 is 2.97. The SMILES string of the molecule is C/C=C\N=C(C)N1CCN(c2nc(Nc3ccc(Br)c(C(F)(F)F)c3)cc(N(C)C)n2)CC1. The van der Waals surface area contributed by atoms with Crippen LogP contribution in [-0.2, 0) is 6.18 Å². The molecule has 0 atom stereocenters. The zero-order valence-electron chi connectivity index (χ0n) is 19.0. The maximum absolute atomic E-state index is 13.3. The molecule has 0 bridgehead atoms. The Labute approximate surface area is 200 Å². The number of amidine groups is 1. The highest BCUT2D eigenvalue weighted by Gasteiger charge is 2.33. The zero-order chi connectivity index (χ0) is 24.2. The van der Waals surface area contributed by atoms with Gasteiger partial charge in [-0.15, -0.1) is 0 Å². The molecule has 2 aromatic rings. The molecule has 1 aliphatic rings. The summed E-state index contributed by atoms with van der Waals surface area (Å²) < 4.78 is 39.9. The van der Waals surface area contributed by atoms with Crippen LogP contribution >= 0.6 is 15.9 Å². The number of allylic oxidation sites excluding steroid dienone is 1. The highest BCUT2D eigenvalue weighted by atomic mass is 79.9. The number of hydrogen-bond donors (Lipinski definition) is 1. The number of aromatic nitrogens is 2. The van der Waals surface area contributed by atoms with Crippen molar-refractivity contribution in [2.75, 3.05) is 55.4 Å². The number of halogens is 4. The van der Waals surface area contributed by atoms with Gasteiger partial charge in [-0.05, 0) is 32.0 Å². The van der Waals surface area contributed by atoms with Crippen LogP contribution in [-0.4, -0.2) is 61.0 Å². The van der Waals surface area contributed by atoms with E-state index in [1.807, 2.05) is 38.9 Å². The Balaban J connectivity index is 1.83. The molecule has 33 heavy (non-hydrogen) atoms. The minimum Gasteiger partial charge on any atom is -0.363 e. The summed E-state index contributed by atoms with van der Waals surface area (Å²) in [5.74, 6) is 2.56. The zero-order valence-corrected chi connectivity index (χ0v) is 20.6. The first-order chi connectivity index (χ1) is 15.6. The molecule has 3 rings (SSSR count). The van der Waals surface area contributed by atoms with Crippen LogP contribution in [0.1, 0.15) is 19.4 Å². The predicted molar refractivity (Wildman–Crippen MR) is 130 cm³/mol. The van der Waals surface area contributed by atoms with Gasteiger partial charge in [-0.2, -0.15) is 23.1 Å². The number of nitrogens with zero attached hydrogens (tertiary/aromatic N) is 6. The maximum Gasteiger partial charge on any atom is 0.417 e. The second kappa shape index (κ2) is 10.4. The molecular formula is C22H27BrF3N7. The Hall–Kier alpha value is -2.82. The Morgan fingerprint density at radius 1 is 1.15 bits per heavy atom. The first-order valence-corrected chi connectivity index (χ1v) is 11.2. The van der Waals surface area contributed by atoms with E-state index in [9.17, 15) is 13.2 Å². The van der Waals surface area contributed by atoms with Crippen LogP contribution in [0.5, 0.6) is 0 Å². The van der Waals surface area contributed by atoms with Crippen LogP contribution in [0.3, 0.4) is 0 Å². The van der Waals surface area contributed by atoms with Crippen LogP contribution in [0, 0.1) is 0 Å². The largest absolute Gasteiger partial charge is 0.417 e. The van der Waals surface area contributed by atoms with Gasteiger partial charge in [-0.3, -0.25) is 0 Å². The lowest BCUT2D eigenvalue weighted by molar-refractivity contribution is -0.138. The summed E-state index contributed by atoms with van der Waals surface area (Å²) in [6.45, 7) is 6.85. The molecule has 2 heterocycles. The lowest BCUT2D eigenvalue weighted by atomic mass is 10.2. The average molecular weight is 526 g/mol. The van der Waals surface area contributed by atoms with Gasteiger partial charge < -0.3 is 20.0 Å². The summed E-state index contributed by atoms with van der Waals surface area (Å²) in [6.07, 6.45) is -0.802. The van der Waals surface area contributed by atoms with Gasteiger partial charge >= 0.3 is 6.18 Å². The monoisotopic (exact) mass is 525 g/mol. The van der Waals surface area contributed by atoms with Crippen molar-refractivity contribution in [3.63, 3.8) is 0 Å². The first kappa shape index (κ1) is 24.8. The van der Waals surface area contributed by atoms with Crippen molar-refractivity contribution < 1.29 is 13.2 Å². The van der Waals surface area contributed by atoms with Gasteiger partial charge in [0.25, 0.3) is 0 Å². The van der Waals surface area contributed by atoms with Crippen molar-refractivity contribution in [2.45, 2.75) is 20.0 Å². The highest BCUT2D eigenvalue weighted by molar-refractivity contribution is 9.10. The van der Waals surface area contributed by atoms with Crippen molar-refractivity contribution >= 4 is 45.0 Å². The van der Waals surface area contributed by atoms with Crippen molar-refractivity contribution in [2.24, 2.45) is 4.99 Å². The fourth-order valence-electron chi connectivity index (χ4n) is 3.32. The Morgan fingerprint density at radius 2 is 1.85 bits per heavy atom. The van der Waals surface area contributed by atoms with E-state index in [4.69, 9.17) is 0 Å². The van der Waals surface area contributed by atoms with Gasteiger partial charge in [0.15, 0.2) is 0 Å². The number of aliphatic imine (C=N–C) groups is 1. The second-order valence-corrected chi connectivity index (χ2v) is 8.61. The van der Waals surface area contributed by atoms with E-state index < -0.39 is 11.7 Å². The predicted octanol–water partition coefficient (Wildman–Crippen LogP) is 5.14. The molecule has 0 amide bonds. The lowest BCUT2D eigenvalue weighted by Crippen LogP contribution is -2.48. The summed E-state index contributed by atoms with van der Waals surface area (Å²) in [4.78, 5) is 19.7. The number of anilines is 4. The van der Waals surface area contributed by atoms with Gasteiger partial charge in [-0.25, -0.2) is 4.99 Å². The Bertz CT molecular complexity index is 1030. The molecule has 178 valence electrons. The number of hydrogen-bond acceptors (Lipinski definition) is 6. The van der Waals surface area contributed by atoms with Gasteiger partial charge in [0.1, 0.15) is 17.5 Å². The maximum atomic E-state index is 13.3. The molecule has 0 aliphatic carbocycles. The van der Waals surface area contributed by atoms with Crippen molar-refractivity contribution in [3.8, 4) is 0 Å². The molecular weight excluding hydrogens is 499 g/mol. The number of piperazine rings is 1. The summed E-state index contributed by atoms with van der Waals surface area (Å²) in [5.41, 5.74) is -0.457. The number of benzene rings is 1. The summed E-state index contributed by atoms with van der Waals surface area (Å²) in [7, 11) is 3.71. The van der Waals surface area contributed by atoms with Gasteiger partial charge in [-0.1, -0.05) is 22.0 Å². The van der Waals surface area contributed by atoms with Crippen LogP contribution in [0.25, 0.3) is 0 Å². The van der Waals surface area contributed by atoms with E-state index in [-0.39, 0.29) is 4.47 Å². The number of nitrogens with one attached hydrogen (secondary N) is 1. The molecule has 1 saturated heterocycles. The third-order valence-corrected chi connectivity index (χ3v) is 5.83. The molecule has 0 unspecified atom stereocenters. The van der Waals surface area contributed by atoms with Crippen molar-refractivity contribution in [1.82, 2.24) is 14.9 Å². The summed E-state index contributed by atoms with van der Waals surface area (Å²) in [6, 6.07) is 5.72. The van der Waals surface area contributed by atoms with Crippen molar-refractivity contribution in [3.05, 3.63) is 46.6 Å². The standard InChI is InChI=1S/C22H27BrF3N7/c1-5-8-27-15(2)32-9-11-33(12-10-32)21-29-19(14-20(30-21)31(3)4)28-16-6-7-18(23)17(13-16)22(24,25)26/h5-8,13-14H,9-12H2,1-4H3,(H,28,29,30)/b8-5-,27-15?. The molecule has 11 heteroatoms. The van der Waals surface area contributed by atoms with Gasteiger partial charge in [0, 0.05) is 62.7 Å². The third kappa shape index (κ3) is 6.37. The first-order valence-electron chi connectivity index (χ1n) is 10.4. The molecule has 1 aromatic carbocycles. The van der Waals surface area contributed by atoms with E-state index in [2.05, 4.69) is 46.0 Å². The second-order valence-electron chi connectivity index (χ2n) is 7.76. The van der Waals surface area contributed by atoms with Crippen LogP contribution in [0.4, 0.5) is 36.4 Å². The Morgan fingerprint density at radius 3 is 2.45 bits per heavy atom. The van der Waals surface area contributed by atoms with E-state index >= 15 is 0 Å². The fourth-order valence-corrected chi connectivity index (χ4v) is 3.79. The van der Waals surface area contributed by atoms with Gasteiger partial charge in [0.2, 0.25) is 5.95 Å². The third-order valence-electron chi connectivity index (χ3n) is 5.13. The quantitative estimate of drug-likeness (QED) is 0.430. The Kier molecular flexibility index (Phi) is 7.83. The molecule has 7 nitrogen and oxygen atoms in total. The molecule has 0 radical (unpaired) electrons. The van der Waals surface area contributed by atoms with Crippen LogP contribution in [0.15, 0.2) is 46.0 Å². The minimum absolute atomic E-state index is 0.0101.